The summed E-state index contributed by atoms with van der Waals surface area (Å²) in [6, 6.07) is 7.62. The summed E-state index contributed by atoms with van der Waals surface area (Å²) in [5, 5.41) is 10.4. The second-order valence-electron chi connectivity index (χ2n) is 4.34. The van der Waals surface area contributed by atoms with Crippen molar-refractivity contribution >= 4 is 15.9 Å². The molecule has 3 heteroatoms. The first-order chi connectivity index (χ1) is 7.12. The Hall–Kier alpha value is -0.380. The average Bonchev–Trinajstić information content (AvgIpc) is 2.65. The van der Waals surface area contributed by atoms with Gasteiger partial charge in [0.2, 0.25) is 0 Å². The third-order valence-corrected chi connectivity index (χ3v) is 3.75. The van der Waals surface area contributed by atoms with Gasteiger partial charge >= 0.3 is 0 Å². The number of aliphatic hydroxyl groups is 1. The van der Waals surface area contributed by atoms with E-state index in [2.05, 4.69) is 15.9 Å². The highest BCUT2D eigenvalue weighted by atomic mass is 79.9. The largest absolute Gasteiger partial charge is 0.388 e. The summed E-state index contributed by atoms with van der Waals surface area (Å²) in [4.78, 5) is 0. The van der Waals surface area contributed by atoms with E-state index in [1.165, 1.54) is 0 Å². The normalized spacial score (nSPS) is 21.5. The molecule has 0 radical (unpaired) electrons. The molecule has 0 bridgehead atoms. The van der Waals surface area contributed by atoms with Crippen LogP contribution in [0.1, 0.15) is 37.3 Å². The molecule has 82 valence electrons. The van der Waals surface area contributed by atoms with Crippen molar-refractivity contribution in [3.8, 4) is 0 Å². The van der Waals surface area contributed by atoms with Crippen LogP contribution < -0.4 is 5.73 Å². The maximum absolute atomic E-state index is 10.4. The van der Waals surface area contributed by atoms with Crippen molar-refractivity contribution in [2.45, 2.75) is 37.3 Å². The van der Waals surface area contributed by atoms with Crippen LogP contribution in [0, 0.1) is 0 Å². The summed E-state index contributed by atoms with van der Waals surface area (Å²) in [7, 11) is 0. The molecule has 1 saturated carbocycles. The van der Waals surface area contributed by atoms with Crippen molar-refractivity contribution in [1.29, 1.82) is 0 Å². The van der Waals surface area contributed by atoms with Crippen LogP contribution in [0.25, 0.3) is 0 Å². The Morgan fingerprint density at radius 3 is 2.60 bits per heavy atom. The molecule has 0 heterocycles. The summed E-state index contributed by atoms with van der Waals surface area (Å²) in [5.41, 5.74) is 6.45. The molecule has 1 aromatic rings. The van der Waals surface area contributed by atoms with Crippen molar-refractivity contribution in [3.05, 3.63) is 34.3 Å². The van der Waals surface area contributed by atoms with E-state index in [1.807, 2.05) is 24.3 Å². The zero-order chi connectivity index (χ0) is 10.9. The number of halogens is 1. The van der Waals surface area contributed by atoms with Crippen molar-refractivity contribution in [3.63, 3.8) is 0 Å². The van der Waals surface area contributed by atoms with E-state index < -0.39 is 5.60 Å². The van der Waals surface area contributed by atoms with Crippen LogP contribution in [0.2, 0.25) is 0 Å². The van der Waals surface area contributed by atoms with Crippen LogP contribution >= 0.6 is 15.9 Å². The van der Waals surface area contributed by atoms with Crippen molar-refractivity contribution < 1.29 is 5.11 Å². The van der Waals surface area contributed by atoms with E-state index in [-0.39, 0.29) is 6.04 Å². The lowest BCUT2D eigenvalue weighted by atomic mass is 9.88. The van der Waals surface area contributed by atoms with E-state index >= 15 is 0 Å². The molecule has 0 spiro atoms. The molecule has 1 aromatic carbocycles. The van der Waals surface area contributed by atoms with Crippen molar-refractivity contribution in [2.75, 3.05) is 0 Å². The summed E-state index contributed by atoms with van der Waals surface area (Å²) in [5.74, 6) is 0. The predicted octanol–water partition coefficient (Wildman–Crippen LogP) is 2.75. The number of hydrogen-bond donors (Lipinski definition) is 2. The lowest BCUT2D eigenvalue weighted by molar-refractivity contribution is 0.0203. The second kappa shape index (κ2) is 4.24. The molecule has 0 unspecified atom stereocenters. The van der Waals surface area contributed by atoms with Crippen LogP contribution in [-0.2, 0) is 0 Å². The first-order valence-corrected chi connectivity index (χ1v) is 6.14. The molecule has 0 aliphatic heterocycles. The van der Waals surface area contributed by atoms with Crippen LogP contribution in [0.15, 0.2) is 28.7 Å². The van der Waals surface area contributed by atoms with Crippen LogP contribution in [-0.4, -0.2) is 10.7 Å². The van der Waals surface area contributed by atoms with Crippen LogP contribution in [0.5, 0.6) is 0 Å². The van der Waals surface area contributed by atoms with Crippen molar-refractivity contribution in [2.24, 2.45) is 5.73 Å². The van der Waals surface area contributed by atoms with Gasteiger partial charge in [-0.3, -0.25) is 0 Å². The maximum atomic E-state index is 10.4. The van der Waals surface area contributed by atoms with Gasteiger partial charge in [-0.2, -0.15) is 0 Å². The van der Waals surface area contributed by atoms with Gasteiger partial charge in [-0.05, 0) is 30.5 Å². The minimum Gasteiger partial charge on any atom is -0.388 e. The molecule has 1 aliphatic rings. The zero-order valence-corrected chi connectivity index (χ0v) is 10.2. The Kier molecular flexibility index (Phi) is 3.14. The molecule has 0 amide bonds. The minimum atomic E-state index is -0.694. The summed E-state index contributed by atoms with van der Waals surface area (Å²) >= 11 is 3.42. The lowest BCUT2D eigenvalue weighted by Gasteiger charge is -2.30. The second-order valence-corrected chi connectivity index (χ2v) is 5.26. The van der Waals surface area contributed by atoms with E-state index in [1.54, 1.807) is 0 Å². The molecule has 2 nitrogen and oxygen atoms in total. The van der Waals surface area contributed by atoms with Gasteiger partial charge in [0, 0.05) is 4.47 Å². The fourth-order valence-electron chi connectivity index (χ4n) is 2.31. The van der Waals surface area contributed by atoms with Gasteiger partial charge in [0.05, 0.1) is 11.6 Å². The highest BCUT2D eigenvalue weighted by molar-refractivity contribution is 9.10. The lowest BCUT2D eigenvalue weighted by Crippen LogP contribution is -2.38. The first kappa shape index (κ1) is 11.1. The zero-order valence-electron chi connectivity index (χ0n) is 8.62. The molecule has 0 saturated heterocycles. The Bertz CT molecular complexity index is 347. The van der Waals surface area contributed by atoms with E-state index in [4.69, 9.17) is 5.73 Å². The summed E-state index contributed by atoms with van der Waals surface area (Å²) < 4.78 is 1.01. The molecular formula is C12H16BrNO. The smallest absolute Gasteiger partial charge is 0.0839 e. The molecule has 1 fully saturated rings. The quantitative estimate of drug-likeness (QED) is 0.868. The number of benzene rings is 1. The van der Waals surface area contributed by atoms with Gasteiger partial charge in [0.1, 0.15) is 0 Å². The Labute approximate surface area is 98.6 Å². The molecular weight excluding hydrogens is 254 g/mol. The predicted molar refractivity (Wildman–Crippen MR) is 64.5 cm³/mol. The highest BCUT2D eigenvalue weighted by Gasteiger charge is 2.37. The van der Waals surface area contributed by atoms with E-state index in [9.17, 15) is 5.11 Å². The molecule has 1 aliphatic carbocycles. The molecule has 15 heavy (non-hydrogen) atoms. The maximum Gasteiger partial charge on any atom is 0.0839 e. The van der Waals surface area contributed by atoms with E-state index in [0.717, 1.165) is 35.7 Å². The molecule has 3 N–H and O–H groups in total. The summed E-state index contributed by atoms with van der Waals surface area (Å²) in [6.45, 7) is 0. The third kappa shape index (κ3) is 2.25. The standard InChI is InChI=1S/C12H16BrNO/c13-10-5-3-4-9(8-10)11(14)12(15)6-1-2-7-12/h3-5,8,11,15H,1-2,6-7,14H2/t11-/m0/s1. The summed E-state index contributed by atoms with van der Waals surface area (Å²) in [6.07, 6.45) is 3.80. The minimum absolute atomic E-state index is 0.266. The van der Waals surface area contributed by atoms with Crippen LogP contribution in [0.3, 0.4) is 0 Å². The SMILES string of the molecule is N[C@@H](c1cccc(Br)c1)C1(O)CCCC1. The number of rotatable bonds is 2. The van der Waals surface area contributed by atoms with Gasteiger partial charge < -0.3 is 10.8 Å². The third-order valence-electron chi connectivity index (χ3n) is 3.26. The van der Waals surface area contributed by atoms with Gasteiger partial charge in [-0.15, -0.1) is 0 Å². The fourth-order valence-corrected chi connectivity index (χ4v) is 2.73. The van der Waals surface area contributed by atoms with Crippen molar-refractivity contribution in [1.82, 2.24) is 0 Å². The monoisotopic (exact) mass is 269 g/mol. The van der Waals surface area contributed by atoms with Gasteiger partial charge in [0.15, 0.2) is 0 Å². The fraction of sp³-hybridized carbons (Fsp3) is 0.500. The highest BCUT2D eigenvalue weighted by Crippen LogP contribution is 2.38. The number of nitrogens with two attached hydrogens (primary N) is 1. The van der Waals surface area contributed by atoms with Gasteiger partial charge in [-0.25, -0.2) is 0 Å². The Morgan fingerprint density at radius 2 is 2.00 bits per heavy atom. The molecule has 0 aromatic heterocycles. The Morgan fingerprint density at radius 1 is 1.33 bits per heavy atom. The average molecular weight is 270 g/mol. The number of hydrogen-bond acceptors (Lipinski definition) is 2. The van der Waals surface area contributed by atoms with Gasteiger partial charge in [0.25, 0.3) is 0 Å². The topological polar surface area (TPSA) is 46.2 Å². The first-order valence-electron chi connectivity index (χ1n) is 5.35. The van der Waals surface area contributed by atoms with Crippen LogP contribution in [0.4, 0.5) is 0 Å². The molecule has 1 atom stereocenters. The Balaban J connectivity index is 2.23. The van der Waals surface area contributed by atoms with Gasteiger partial charge in [-0.1, -0.05) is 40.9 Å². The molecule has 2 rings (SSSR count). The van der Waals surface area contributed by atoms with E-state index in [0.29, 0.717) is 0 Å².